The lowest BCUT2D eigenvalue weighted by molar-refractivity contribution is 0.103. The molecule has 0 N–H and O–H groups in total. The van der Waals surface area contributed by atoms with E-state index in [1.165, 1.54) is 48.6 Å². The first-order valence-electron chi connectivity index (χ1n) is 9.99. The van der Waals surface area contributed by atoms with E-state index in [0.717, 1.165) is 0 Å². The number of Topliss-reactive ketones (excluding diaryl/α,β-unsaturated/α-hetero) is 2. The molecule has 2 aliphatic heterocycles. The number of ketones is 2. The number of sulfone groups is 2. The Bertz CT molecular complexity index is 1510. The van der Waals surface area contributed by atoms with E-state index in [-0.39, 0.29) is 20.9 Å². The second-order valence-corrected chi connectivity index (χ2v) is 11.4. The summed E-state index contributed by atoms with van der Waals surface area (Å²) < 4.78 is 52.3. The molecule has 0 amide bonds. The third-order valence-electron chi connectivity index (χ3n) is 5.72. The molecule has 0 unspecified atom stereocenters. The molecule has 33 heavy (non-hydrogen) atoms. The molecule has 0 saturated heterocycles. The van der Waals surface area contributed by atoms with E-state index in [1.807, 2.05) is 0 Å². The first-order valence-corrected chi connectivity index (χ1v) is 13.0. The van der Waals surface area contributed by atoms with Crippen molar-refractivity contribution in [2.75, 3.05) is 0 Å². The average molecular weight is 477 g/mol. The molecule has 0 aromatic heterocycles. The van der Waals surface area contributed by atoms with Crippen LogP contribution in [0, 0.1) is 0 Å². The van der Waals surface area contributed by atoms with Crippen LogP contribution in [0.15, 0.2) is 111 Å². The van der Waals surface area contributed by atoms with Crippen molar-refractivity contribution in [3.63, 3.8) is 0 Å². The van der Waals surface area contributed by atoms with Gasteiger partial charge in [-0.25, -0.2) is 16.8 Å². The SMILES string of the molecule is O=C1C(=CC(C=C2C(=O)c3ccccc3S2(=O)=O)c2ccccc2)S(=O)(=O)c2ccccc21. The predicted molar refractivity (Wildman–Crippen MR) is 121 cm³/mol. The van der Waals surface area contributed by atoms with Gasteiger partial charge >= 0.3 is 0 Å². The Kier molecular flexibility index (Phi) is 4.81. The molecular weight excluding hydrogens is 460 g/mol. The zero-order valence-corrected chi connectivity index (χ0v) is 18.6. The molecule has 0 spiro atoms. The molecule has 2 heterocycles. The van der Waals surface area contributed by atoms with Crippen molar-refractivity contribution in [2.24, 2.45) is 0 Å². The van der Waals surface area contributed by atoms with Crippen LogP contribution < -0.4 is 0 Å². The van der Waals surface area contributed by atoms with Gasteiger partial charge in [0.25, 0.3) is 0 Å². The fraction of sp³-hybridized carbons (Fsp3) is 0.0400. The molecule has 0 atom stereocenters. The van der Waals surface area contributed by atoms with Gasteiger partial charge in [0.2, 0.25) is 31.2 Å². The standard InChI is InChI=1S/C25H16O6S2/c26-24-18-10-4-6-12-20(18)32(28,29)22(24)14-17(16-8-2-1-3-9-16)15-23-25(27)19-11-5-7-13-21(19)33(23,30)31/h1-15,17H. The smallest absolute Gasteiger partial charge is 0.210 e. The summed E-state index contributed by atoms with van der Waals surface area (Å²) in [5.74, 6) is -2.26. The topological polar surface area (TPSA) is 102 Å². The van der Waals surface area contributed by atoms with E-state index in [1.54, 1.807) is 42.5 Å². The van der Waals surface area contributed by atoms with Gasteiger partial charge in [0.05, 0.1) is 9.79 Å². The summed E-state index contributed by atoms with van der Waals surface area (Å²) >= 11 is 0. The van der Waals surface area contributed by atoms with Crippen LogP contribution in [-0.4, -0.2) is 28.4 Å². The number of hydrogen-bond acceptors (Lipinski definition) is 6. The second kappa shape index (κ2) is 7.47. The number of fused-ring (bicyclic) bond motifs is 2. The normalized spacial score (nSPS) is 21.2. The van der Waals surface area contributed by atoms with Gasteiger partial charge in [-0.3, -0.25) is 9.59 Å². The predicted octanol–water partition coefficient (Wildman–Crippen LogP) is 3.88. The van der Waals surface area contributed by atoms with Crippen LogP contribution in [0.2, 0.25) is 0 Å². The Morgan fingerprint density at radius 1 is 0.545 bits per heavy atom. The molecule has 0 aliphatic carbocycles. The third-order valence-corrected chi connectivity index (χ3v) is 9.39. The maximum Gasteiger partial charge on any atom is 0.210 e. The van der Waals surface area contributed by atoms with Crippen molar-refractivity contribution in [1.82, 2.24) is 0 Å². The zero-order valence-electron chi connectivity index (χ0n) is 17.0. The second-order valence-electron chi connectivity index (χ2n) is 7.66. The molecule has 2 aliphatic rings. The molecule has 0 saturated carbocycles. The van der Waals surface area contributed by atoms with Gasteiger partial charge in [-0.05, 0) is 29.8 Å². The summed E-state index contributed by atoms with van der Waals surface area (Å²) in [4.78, 5) is 24.8. The van der Waals surface area contributed by atoms with E-state index < -0.39 is 47.0 Å². The van der Waals surface area contributed by atoms with Gasteiger partial charge in [-0.1, -0.05) is 66.7 Å². The minimum absolute atomic E-state index is 0.0696. The summed E-state index contributed by atoms with van der Waals surface area (Å²) in [6.07, 6.45) is 2.46. The van der Waals surface area contributed by atoms with Crippen LogP contribution in [0.4, 0.5) is 0 Å². The van der Waals surface area contributed by atoms with Crippen molar-refractivity contribution in [3.8, 4) is 0 Å². The maximum atomic E-state index is 13.1. The van der Waals surface area contributed by atoms with Crippen molar-refractivity contribution in [1.29, 1.82) is 0 Å². The minimum atomic E-state index is -4.08. The Hall–Kier alpha value is -3.62. The molecular formula is C25H16O6S2. The number of allylic oxidation sites excluding steroid dienone is 4. The fourth-order valence-electron chi connectivity index (χ4n) is 4.10. The number of rotatable bonds is 3. The molecule has 0 bridgehead atoms. The van der Waals surface area contributed by atoms with E-state index in [2.05, 4.69) is 0 Å². The van der Waals surface area contributed by atoms with Crippen molar-refractivity contribution in [2.45, 2.75) is 15.7 Å². The highest BCUT2D eigenvalue weighted by Gasteiger charge is 2.41. The van der Waals surface area contributed by atoms with Gasteiger partial charge in [0.1, 0.15) is 9.81 Å². The average Bonchev–Trinajstić information content (AvgIpc) is 3.13. The lowest BCUT2D eigenvalue weighted by atomic mass is 9.96. The summed E-state index contributed by atoms with van der Waals surface area (Å²) in [5.41, 5.74) is 0.677. The summed E-state index contributed by atoms with van der Waals surface area (Å²) in [5, 5.41) is 0. The van der Waals surface area contributed by atoms with Crippen LogP contribution >= 0.6 is 0 Å². The van der Waals surface area contributed by atoms with Crippen molar-refractivity contribution < 1.29 is 26.4 Å². The van der Waals surface area contributed by atoms with Crippen LogP contribution in [-0.2, 0) is 19.7 Å². The fourth-order valence-corrected chi connectivity index (χ4v) is 7.35. The first kappa shape index (κ1) is 21.2. The Morgan fingerprint density at radius 3 is 1.36 bits per heavy atom. The zero-order chi connectivity index (χ0) is 23.4. The molecule has 5 rings (SSSR count). The number of carbonyl (C=O) groups is 2. The van der Waals surface area contributed by atoms with E-state index in [9.17, 15) is 26.4 Å². The Labute approximate surface area is 190 Å². The summed E-state index contributed by atoms with van der Waals surface area (Å²) in [7, 11) is -8.16. The highest BCUT2D eigenvalue weighted by molar-refractivity contribution is 7.97. The highest BCUT2D eigenvalue weighted by atomic mass is 32.2. The quantitative estimate of drug-likeness (QED) is 0.532. The van der Waals surface area contributed by atoms with Crippen LogP contribution in [0.25, 0.3) is 0 Å². The molecule has 3 aromatic carbocycles. The minimum Gasteiger partial charge on any atom is -0.288 e. The van der Waals surface area contributed by atoms with Crippen molar-refractivity contribution in [3.05, 3.63) is 118 Å². The lowest BCUT2D eigenvalue weighted by Crippen LogP contribution is -2.08. The Balaban J connectivity index is 1.71. The highest BCUT2D eigenvalue weighted by Crippen LogP contribution is 2.39. The summed E-state index contributed by atoms with van der Waals surface area (Å²) in [6, 6.07) is 20.3. The van der Waals surface area contributed by atoms with Gasteiger partial charge < -0.3 is 0 Å². The monoisotopic (exact) mass is 476 g/mol. The van der Waals surface area contributed by atoms with Crippen LogP contribution in [0.1, 0.15) is 32.2 Å². The first-order chi connectivity index (χ1) is 15.7. The van der Waals surface area contributed by atoms with Crippen molar-refractivity contribution >= 4 is 31.2 Å². The molecule has 3 aromatic rings. The lowest BCUT2D eigenvalue weighted by Gasteiger charge is -2.11. The summed E-state index contributed by atoms with van der Waals surface area (Å²) in [6.45, 7) is 0. The Morgan fingerprint density at radius 2 is 0.939 bits per heavy atom. The van der Waals surface area contributed by atoms with Crippen LogP contribution in [0.5, 0.6) is 0 Å². The molecule has 0 radical (unpaired) electrons. The molecule has 8 heteroatoms. The van der Waals surface area contributed by atoms with E-state index in [4.69, 9.17) is 0 Å². The van der Waals surface area contributed by atoms with E-state index in [0.29, 0.717) is 5.56 Å². The van der Waals surface area contributed by atoms with Gasteiger partial charge in [-0.15, -0.1) is 0 Å². The van der Waals surface area contributed by atoms with Gasteiger partial charge in [-0.2, -0.15) is 0 Å². The third kappa shape index (κ3) is 3.21. The largest absolute Gasteiger partial charge is 0.288 e. The van der Waals surface area contributed by atoms with E-state index >= 15 is 0 Å². The number of benzene rings is 3. The number of hydrogen-bond donors (Lipinski definition) is 0. The van der Waals surface area contributed by atoms with Gasteiger partial charge in [0.15, 0.2) is 0 Å². The molecule has 6 nitrogen and oxygen atoms in total. The molecule has 164 valence electrons. The number of carbonyl (C=O) groups excluding carboxylic acids is 2. The van der Waals surface area contributed by atoms with Gasteiger partial charge in [0, 0.05) is 17.0 Å². The molecule has 0 fully saturated rings. The maximum absolute atomic E-state index is 13.1. The van der Waals surface area contributed by atoms with Crippen LogP contribution in [0.3, 0.4) is 0 Å².